The monoisotopic (exact) mass is 342 g/mol. The molecule has 2 rings (SSSR count). The number of carbonyl (C=O) groups excluding carboxylic acids is 1. The van der Waals surface area contributed by atoms with Gasteiger partial charge in [-0.05, 0) is 30.3 Å². The minimum atomic E-state index is -0.187. The minimum absolute atomic E-state index is 0.187. The molecule has 0 fully saturated rings. The summed E-state index contributed by atoms with van der Waals surface area (Å²) < 4.78 is 5.07. The molecule has 0 saturated carbocycles. The average Bonchev–Trinajstić information content (AvgIpc) is 2.48. The molecule has 0 unspecified atom stereocenters. The number of carbonyl (C=O) groups is 1. The summed E-state index contributed by atoms with van der Waals surface area (Å²) in [7, 11) is 1.61. The van der Waals surface area contributed by atoms with Crippen LogP contribution in [0.3, 0.4) is 0 Å². The summed E-state index contributed by atoms with van der Waals surface area (Å²) in [5.74, 6) is 1.15. The van der Waals surface area contributed by atoms with Crippen molar-refractivity contribution in [2.24, 2.45) is 0 Å². The number of pyridine rings is 1. The summed E-state index contributed by atoms with van der Waals surface area (Å²) in [6.45, 7) is 0. The smallest absolute Gasteiger partial charge is 0.235 e. The van der Waals surface area contributed by atoms with Crippen LogP contribution in [0.1, 0.15) is 0 Å². The predicted octanol–water partition coefficient (Wildman–Crippen LogP) is 4.13. The van der Waals surface area contributed by atoms with Crippen molar-refractivity contribution in [1.82, 2.24) is 4.98 Å². The van der Waals surface area contributed by atoms with E-state index in [0.29, 0.717) is 15.9 Å². The van der Waals surface area contributed by atoms with Gasteiger partial charge in [-0.2, -0.15) is 0 Å². The maximum Gasteiger partial charge on any atom is 0.235 e. The first-order valence-electron chi connectivity index (χ1n) is 5.96. The molecule has 0 aliphatic rings. The van der Waals surface area contributed by atoms with Gasteiger partial charge in [0.2, 0.25) is 5.91 Å². The van der Waals surface area contributed by atoms with Gasteiger partial charge in [-0.15, -0.1) is 11.8 Å². The number of benzene rings is 1. The van der Waals surface area contributed by atoms with E-state index in [9.17, 15) is 4.79 Å². The van der Waals surface area contributed by atoms with Crippen molar-refractivity contribution in [1.29, 1.82) is 0 Å². The minimum Gasteiger partial charge on any atom is -0.497 e. The van der Waals surface area contributed by atoms with Gasteiger partial charge in [0, 0.05) is 11.1 Å². The van der Waals surface area contributed by atoms with Crippen molar-refractivity contribution < 1.29 is 9.53 Å². The third-order valence-corrected chi connectivity index (χ3v) is 4.00. The first-order valence-corrected chi connectivity index (χ1v) is 7.70. The van der Waals surface area contributed by atoms with Crippen LogP contribution in [-0.2, 0) is 4.79 Å². The van der Waals surface area contributed by atoms with Crippen LogP contribution in [0.2, 0.25) is 10.0 Å². The second-order valence-electron chi connectivity index (χ2n) is 4.00. The number of hydrogen-bond donors (Lipinski definition) is 1. The Morgan fingerprint density at radius 1 is 1.33 bits per heavy atom. The lowest BCUT2D eigenvalue weighted by molar-refractivity contribution is -0.113. The maximum absolute atomic E-state index is 11.9. The van der Waals surface area contributed by atoms with E-state index in [1.807, 2.05) is 24.3 Å². The topological polar surface area (TPSA) is 51.2 Å². The molecule has 0 atom stereocenters. The first kappa shape index (κ1) is 15.9. The first-order chi connectivity index (χ1) is 10.1. The lowest BCUT2D eigenvalue weighted by Gasteiger charge is -2.06. The standard InChI is InChI=1S/C14H12Cl2N2O2S/c1-20-10-2-4-11(5-3-10)21-8-13(19)18-14-12(16)6-9(15)7-17-14/h2-7H,8H2,1H3,(H,17,18,19). The molecule has 0 aliphatic carbocycles. The number of hydrogen-bond acceptors (Lipinski definition) is 4. The average molecular weight is 343 g/mol. The zero-order valence-electron chi connectivity index (χ0n) is 11.1. The number of ether oxygens (including phenoxy) is 1. The Labute approximate surface area is 136 Å². The van der Waals surface area contributed by atoms with Crippen LogP contribution < -0.4 is 10.1 Å². The van der Waals surface area contributed by atoms with Crippen molar-refractivity contribution in [2.45, 2.75) is 4.90 Å². The van der Waals surface area contributed by atoms with Crippen LogP contribution >= 0.6 is 35.0 Å². The van der Waals surface area contributed by atoms with E-state index < -0.39 is 0 Å². The molecule has 1 amide bonds. The number of halogens is 2. The van der Waals surface area contributed by atoms with E-state index in [2.05, 4.69) is 10.3 Å². The van der Waals surface area contributed by atoms with E-state index in [0.717, 1.165) is 10.6 Å². The highest BCUT2D eigenvalue weighted by Gasteiger charge is 2.08. The molecule has 7 heteroatoms. The number of nitrogens with one attached hydrogen (secondary N) is 1. The Morgan fingerprint density at radius 3 is 2.67 bits per heavy atom. The predicted molar refractivity (Wildman–Crippen MR) is 86.6 cm³/mol. The van der Waals surface area contributed by atoms with Gasteiger partial charge in [0.05, 0.1) is 22.9 Å². The Kier molecular flexibility index (Phi) is 5.73. The van der Waals surface area contributed by atoms with E-state index in [1.165, 1.54) is 24.0 Å². The molecule has 0 spiro atoms. The molecular formula is C14H12Cl2N2O2S. The molecule has 0 aliphatic heterocycles. The summed E-state index contributed by atoms with van der Waals surface area (Å²) >= 11 is 13.1. The second-order valence-corrected chi connectivity index (χ2v) is 5.89. The molecule has 4 nitrogen and oxygen atoms in total. The highest BCUT2D eigenvalue weighted by atomic mass is 35.5. The van der Waals surface area contributed by atoms with Crippen LogP contribution in [0, 0.1) is 0 Å². The summed E-state index contributed by atoms with van der Waals surface area (Å²) in [6.07, 6.45) is 1.43. The fourth-order valence-electron chi connectivity index (χ4n) is 1.50. The number of nitrogens with zero attached hydrogens (tertiary/aromatic N) is 1. The Morgan fingerprint density at radius 2 is 2.05 bits per heavy atom. The van der Waals surface area contributed by atoms with Gasteiger partial charge in [-0.3, -0.25) is 4.79 Å². The summed E-state index contributed by atoms with van der Waals surface area (Å²) in [4.78, 5) is 16.8. The van der Waals surface area contributed by atoms with Crippen LogP contribution in [0.15, 0.2) is 41.4 Å². The number of aromatic nitrogens is 1. The van der Waals surface area contributed by atoms with Crippen LogP contribution in [0.25, 0.3) is 0 Å². The molecule has 1 heterocycles. The SMILES string of the molecule is COc1ccc(SCC(=O)Nc2ncc(Cl)cc2Cl)cc1. The summed E-state index contributed by atoms with van der Waals surface area (Å²) in [6, 6.07) is 9.01. The molecule has 1 aromatic carbocycles. The molecule has 0 saturated heterocycles. The molecule has 0 bridgehead atoms. The van der Waals surface area contributed by atoms with Crippen molar-refractivity contribution >= 4 is 46.7 Å². The lowest BCUT2D eigenvalue weighted by Crippen LogP contribution is -2.15. The Bertz CT molecular complexity index is 635. The lowest BCUT2D eigenvalue weighted by atomic mass is 10.3. The molecule has 110 valence electrons. The number of methoxy groups -OCH3 is 1. The number of amides is 1. The molecule has 0 radical (unpaired) electrons. The number of thioether (sulfide) groups is 1. The maximum atomic E-state index is 11.9. The van der Waals surface area contributed by atoms with Crippen LogP contribution in [-0.4, -0.2) is 23.8 Å². The summed E-state index contributed by atoms with van der Waals surface area (Å²) in [5.41, 5.74) is 0. The quantitative estimate of drug-likeness (QED) is 0.830. The van der Waals surface area contributed by atoms with Gasteiger partial charge in [-0.1, -0.05) is 23.2 Å². The van der Waals surface area contributed by atoms with Gasteiger partial charge in [-0.25, -0.2) is 4.98 Å². The van der Waals surface area contributed by atoms with E-state index in [4.69, 9.17) is 27.9 Å². The van der Waals surface area contributed by atoms with Crippen LogP contribution in [0.4, 0.5) is 5.82 Å². The molecule has 21 heavy (non-hydrogen) atoms. The van der Waals surface area contributed by atoms with E-state index in [-0.39, 0.29) is 11.7 Å². The Balaban J connectivity index is 1.89. The number of anilines is 1. The summed E-state index contributed by atoms with van der Waals surface area (Å²) in [5, 5.41) is 3.38. The van der Waals surface area contributed by atoms with Gasteiger partial charge in [0.25, 0.3) is 0 Å². The third kappa shape index (κ3) is 4.81. The van der Waals surface area contributed by atoms with Gasteiger partial charge < -0.3 is 10.1 Å². The molecule has 2 aromatic rings. The van der Waals surface area contributed by atoms with Crippen LogP contribution in [0.5, 0.6) is 5.75 Å². The molecule has 1 N–H and O–H groups in total. The largest absolute Gasteiger partial charge is 0.497 e. The zero-order chi connectivity index (χ0) is 15.2. The van der Waals surface area contributed by atoms with Gasteiger partial charge in [0.15, 0.2) is 5.82 Å². The molecular weight excluding hydrogens is 331 g/mol. The zero-order valence-corrected chi connectivity index (χ0v) is 13.4. The van der Waals surface area contributed by atoms with Crippen molar-refractivity contribution in [3.63, 3.8) is 0 Å². The van der Waals surface area contributed by atoms with Crippen molar-refractivity contribution in [3.05, 3.63) is 46.6 Å². The van der Waals surface area contributed by atoms with Gasteiger partial charge >= 0.3 is 0 Å². The van der Waals surface area contributed by atoms with Crippen molar-refractivity contribution in [2.75, 3.05) is 18.2 Å². The van der Waals surface area contributed by atoms with E-state index >= 15 is 0 Å². The fraction of sp³-hybridized carbons (Fsp3) is 0.143. The van der Waals surface area contributed by atoms with Crippen molar-refractivity contribution in [3.8, 4) is 5.75 Å². The highest BCUT2D eigenvalue weighted by Crippen LogP contribution is 2.24. The third-order valence-electron chi connectivity index (χ3n) is 2.49. The fourth-order valence-corrected chi connectivity index (χ4v) is 2.62. The molecule has 1 aromatic heterocycles. The van der Waals surface area contributed by atoms with E-state index in [1.54, 1.807) is 7.11 Å². The second kappa shape index (κ2) is 7.54. The number of rotatable bonds is 5. The Hall–Kier alpha value is -1.43. The van der Waals surface area contributed by atoms with Gasteiger partial charge in [0.1, 0.15) is 5.75 Å². The highest BCUT2D eigenvalue weighted by molar-refractivity contribution is 8.00. The normalized spacial score (nSPS) is 10.2.